The molecule has 0 spiro atoms. The highest BCUT2D eigenvalue weighted by molar-refractivity contribution is 7.21. The monoisotopic (exact) mass is 347 g/mol. The number of hydrogen-bond acceptors (Lipinski definition) is 4. The summed E-state index contributed by atoms with van der Waals surface area (Å²) in [4.78, 5) is 14.6. The van der Waals surface area contributed by atoms with Crippen molar-refractivity contribution in [3.05, 3.63) is 33.1 Å². The lowest BCUT2D eigenvalue weighted by Gasteiger charge is -2.20. The second-order valence-electron chi connectivity index (χ2n) is 4.39. The Labute approximate surface area is 136 Å². The highest BCUT2D eigenvalue weighted by Crippen LogP contribution is 2.37. The number of methoxy groups -OCH3 is 1. The molecule has 0 aliphatic carbocycles. The molecule has 21 heavy (non-hydrogen) atoms. The van der Waals surface area contributed by atoms with E-state index in [1.54, 1.807) is 25.3 Å². The lowest BCUT2D eigenvalue weighted by molar-refractivity contribution is 0.0661. The van der Waals surface area contributed by atoms with Gasteiger partial charge in [-0.05, 0) is 12.1 Å². The molecule has 2 aromatic rings. The highest BCUT2D eigenvalue weighted by Gasteiger charge is 2.22. The highest BCUT2D eigenvalue weighted by atomic mass is 35.5. The molecule has 4 nitrogen and oxygen atoms in total. The van der Waals surface area contributed by atoms with Crippen LogP contribution in [0, 0.1) is 0 Å². The predicted molar refractivity (Wildman–Crippen MR) is 86.7 cm³/mol. The zero-order valence-electron chi connectivity index (χ0n) is 11.4. The molecule has 0 bridgehead atoms. The van der Waals surface area contributed by atoms with Crippen molar-refractivity contribution < 1.29 is 14.6 Å². The van der Waals surface area contributed by atoms with Gasteiger partial charge in [-0.3, -0.25) is 4.79 Å². The van der Waals surface area contributed by atoms with Crippen molar-refractivity contribution in [2.75, 3.05) is 33.4 Å². The van der Waals surface area contributed by atoms with Crippen molar-refractivity contribution in [1.29, 1.82) is 0 Å². The molecule has 7 heteroatoms. The van der Waals surface area contributed by atoms with Crippen molar-refractivity contribution in [3.8, 4) is 0 Å². The molecule has 1 amide bonds. The average molecular weight is 348 g/mol. The van der Waals surface area contributed by atoms with E-state index in [0.717, 1.165) is 10.1 Å². The van der Waals surface area contributed by atoms with Gasteiger partial charge in [-0.1, -0.05) is 29.3 Å². The number of halogens is 2. The quantitative estimate of drug-likeness (QED) is 0.872. The molecule has 0 saturated heterocycles. The third-order valence-electron chi connectivity index (χ3n) is 3.01. The Bertz CT molecular complexity index is 644. The number of ether oxygens (including phenoxy) is 1. The maximum Gasteiger partial charge on any atom is 0.265 e. The number of carbonyl (C=O) groups is 1. The van der Waals surface area contributed by atoms with Crippen molar-refractivity contribution in [2.24, 2.45) is 0 Å². The first-order valence-electron chi connectivity index (χ1n) is 6.35. The van der Waals surface area contributed by atoms with Gasteiger partial charge in [-0.2, -0.15) is 0 Å². The van der Waals surface area contributed by atoms with Gasteiger partial charge in [0.15, 0.2) is 0 Å². The van der Waals surface area contributed by atoms with Crippen molar-refractivity contribution in [1.82, 2.24) is 4.90 Å². The molecule has 0 saturated carbocycles. The Morgan fingerprint density at radius 2 is 2.14 bits per heavy atom. The Hall–Kier alpha value is -0.850. The van der Waals surface area contributed by atoms with E-state index in [2.05, 4.69) is 0 Å². The van der Waals surface area contributed by atoms with Gasteiger partial charge >= 0.3 is 0 Å². The molecule has 1 aromatic carbocycles. The molecule has 0 aliphatic rings. The fourth-order valence-corrected chi connectivity index (χ4v) is 3.71. The summed E-state index contributed by atoms with van der Waals surface area (Å²) in [5, 5.41) is 10.9. The molecule has 114 valence electrons. The van der Waals surface area contributed by atoms with Crippen molar-refractivity contribution >= 4 is 50.5 Å². The standard InChI is InChI=1S/C14H15Cl2NO3S/c1-20-7-5-17(4-6-18)14(19)13-12(16)10-3-2-9(15)8-11(10)21-13/h2-3,8,18H,4-7H2,1H3. The first-order valence-corrected chi connectivity index (χ1v) is 7.92. The van der Waals surface area contributed by atoms with Crippen LogP contribution in [0.1, 0.15) is 9.67 Å². The summed E-state index contributed by atoms with van der Waals surface area (Å²) in [6.07, 6.45) is 0. The van der Waals surface area contributed by atoms with E-state index < -0.39 is 0 Å². The number of carbonyl (C=O) groups excluding carboxylic acids is 1. The van der Waals surface area contributed by atoms with Gasteiger partial charge in [0.05, 0.1) is 18.2 Å². The van der Waals surface area contributed by atoms with Gasteiger partial charge in [-0.15, -0.1) is 11.3 Å². The molecule has 1 aromatic heterocycles. The van der Waals surface area contributed by atoms with E-state index >= 15 is 0 Å². The zero-order chi connectivity index (χ0) is 15.4. The third-order valence-corrected chi connectivity index (χ3v) is 4.89. The molecular formula is C14H15Cl2NO3S. The maximum absolute atomic E-state index is 12.6. The van der Waals surface area contributed by atoms with Crippen molar-refractivity contribution in [2.45, 2.75) is 0 Å². The van der Waals surface area contributed by atoms with E-state index in [1.807, 2.05) is 0 Å². The first kappa shape index (κ1) is 16.5. The number of rotatable bonds is 6. The minimum atomic E-state index is -0.205. The molecule has 0 atom stereocenters. The Kier molecular flexibility index (Phi) is 5.84. The van der Waals surface area contributed by atoms with E-state index in [0.29, 0.717) is 28.1 Å². The number of thiophene rings is 1. The lowest BCUT2D eigenvalue weighted by atomic mass is 10.2. The van der Waals surface area contributed by atoms with Crippen LogP contribution in [0.25, 0.3) is 10.1 Å². The molecule has 1 heterocycles. The van der Waals surface area contributed by atoms with Crippen LogP contribution in [0.3, 0.4) is 0 Å². The second-order valence-corrected chi connectivity index (χ2v) is 6.26. The molecule has 2 rings (SSSR count). The van der Waals surface area contributed by atoms with E-state index in [4.69, 9.17) is 33.0 Å². The van der Waals surface area contributed by atoms with E-state index in [9.17, 15) is 4.79 Å². The number of benzene rings is 1. The van der Waals surface area contributed by atoms with Gasteiger partial charge in [0, 0.05) is 35.3 Å². The van der Waals surface area contributed by atoms with Crippen LogP contribution in [-0.4, -0.2) is 49.3 Å². The minimum Gasteiger partial charge on any atom is -0.395 e. The molecule has 0 fully saturated rings. The molecule has 0 unspecified atom stereocenters. The van der Waals surface area contributed by atoms with Gasteiger partial charge in [0.1, 0.15) is 4.88 Å². The first-order chi connectivity index (χ1) is 10.1. The fraction of sp³-hybridized carbons (Fsp3) is 0.357. The largest absolute Gasteiger partial charge is 0.395 e. The molecule has 0 radical (unpaired) electrons. The van der Waals surface area contributed by atoms with E-state index in [-0.39, 0.29) is 19.1 Å². The number of nitrogens with zero attached hydrogens (tertiary/aromatic N) is 1. The van der Waals surface area contributed by atoms with Crippen LogP contribution in [0.4, 0.5) is 0 Å². The summed E-state index contributed by atoms with van der Waals surface area (Å²) in [7, 11) is 1.57. The molecule has 1 N–H and O–H groups in total. The smallest absolute Gasteiger partial charge is 0.265 e. The maximum atomic E-state index is 12.6. The average Bonchev–Trinajstić information content (AvgIpc) is 2.79. The fourth-order valence-electron chi connectivity index (χ4n) is 1.96. The van der Waals surface area contributed by atoms with E-state index in [1.165, 1.54) is 16.2 Å². The second kappa shape index (κ2) is 7.42. The summed E-state index contributed by atoms with van der Waals surface area (Å²) < 4.78 is 5.85. The Morgan fingerprint density at radius 1 is 1.38 bits per heavy atom. The number of fused-ring (bicyclic) bond motifs is 1. The van der Waals surface area contributed by atoms with Gasteiger partial charge in [0.25, 0.3) is 5.91 Å². The number of amides is 1. The summed E-state index contributed by atoms with van der Waals surface area (Å²) in [5.41, 5.74) is 0. The molecular weight excluding hydrogens is 333 g/mol. The predicted octanol–water partition coefficient (Wildman–Crippen LogP) is 3.29. The van der Waals surface area contributed by atoms with Crippen LogP contribution in [0.5, 0.6) is 0 Å². The number of hydrogen-bond donors (Lipinski definition) is 1. The number of aliphatic hydroxyl groups is 1. The number of aliphatic hydroxyl groups excluding tert-OH is 1. The zero-order valence-corrected chi connectivity index (χ0v) is 13.8. The third kappa shape index (κ3) is 3.67. The minimum absolute atomic E-state index is 0.107. The lowest BCUT2D eigenvalue weighted by Crippen LogP contribution is -2.35. The topological polar surface area (TPSA) is 49.8 Å². The SMILES string of the molecule is COCCN(CCO)C(=O)c1sc2cc(Cl)ccc2c1Cl. The summed E-state index contributed by atoms with van der Waals surface area (Å²) >= 11 is 13.6. The van der Waals surface area contributed by atoms with Gasteiger partial charge in [-0.25, -0.2) is 0 Å². The summed E-state index contributed by atoms with van der Waals surface area (Å²) in [6, 6.07) is 5.34. The normalized spacial score (nSPS) is 11.0. The van der Waals surface area contributed by atoms with Crippen LogP contribution in [-0.2, 0) is 4.74 Å². The van der Waals surface area contributed by atoms with Gasteiger partial charge in [0.2, 0.25) is 0 Å². The summed E-state index contributed by atoms with van der Waals surface area (Å²) in [5.74, 6) is -0.205. The Morgan fingerprint density at radius 3 is 2.81 bits per heavy atom. The van der Waals surface area contributed by atoms with Crippen LogP contribution in [0.15, 0.2) is 18.2 Å². The van der Waals surface area contributed by atoms with Gasteiger partial charge < -0.3 is 14.7 Å². The van der Waals surface area contributed by atoms with Crippen molar-refractivity contribution in [3.63, 3.8) is 0 Å². The van der Waals surface area contributed by atoms with Crippen LogP contribution >= 0.6 is 34.5 Å². The Balaban J connectivity index is 2.34. The van der Waals surface area contributed by atoms with Crippen LogP contribution in [0.2, 0.25) is 10.0 Å². The summed E-state index contributed by atoms with van der Waals surface area (Å²) in [6.45, 7) is 0.943. The molecule has 0 aliphatic heterocycles. The van der Waals surface area contributed by atoms with Crippen LogP contribution < -0.4 is 0 Å².